The fourth-order valence-electron chi connectivity index (χ4n) is 3.60. The maximum absolute atomic E-state index is 12.2. The first-order valence-corrected chi connectivity index (χ1v) is 9.14. The SMILES string of the molecule is O=C1CCCc2c1ccc(O[C@H](Cn1ccnc1)c1ccccc1)c2[N+](=O)[O-]. The van der Waals surface area contributed by atoms with E-state index in [-0.39, 0.29) is 17.2 Å². The quantitative estimate of drug-likeness (QED) is 0.476. The summed E-state index contributed by atoms with van der Waals surface area (Å²) in [6, 6.07) is 12.8. The van der Waals surface area contributed by atoms with Crippen LogP contribution in [-0.2, 0) is 13.0 Å². The fraction of sp³-hybridized carbons (Fsp3) is 0.238. The second kappa shape index (κ2) is 7.64. The van der Waals surface area contributed by atoms with Gasteiger partial charge in [-0.1, -0.05) is 30.3 Å². The molecule has 0 fully saturated rings. The number of nitro groups is 1. The predicted molar refractivity (Wildman–Crippen MR) is 102 cm³/mol. The molecule has 1 atom stereocenters. The van der Waals surface area contributed by atoms with E-state index in [2.05, 4.69) is 4.98 Å². The zero-order chi connectivity index (χ0) is 19.5. The van der Waals surface area contributed by atoms with E-state index in [4.69, 9.17) is 4.74 Å². The monoisotopic (exact) mass is 377 g/mol. The van der Waals surface area contributed by atoms with Gasteiger partial charge in [-0.25, -0.2) is 4.98 Å². The predicted octanol–water partition coefficient (Wildman–Crippen LogP) is 4.13. The molecule has 0 N–H and O–H groups in total. The van der Waals surface area contributed by atoms with E-state index in [9.17, 15) is 14.9 Å². The van der Waals surface area contributed by atoms with Gasteiger partial charge in [-0.3, -0.25) is 14.9 Å². The highest BCUT2D eigenvalue weighted by atomic mass is 16.6. The Bertz CT molecular complexity index is 1000. The Morgan fingerprint density at radius 3 is 2.71 bits per heavy atom. The lowest BCUT2D eigenvalue weighted by molar-refractivity contribution is -0.386. The first-order chi connectivity index (χ1) is 13.6. The Labute approximate surface area is 161 Å². The third-order valence-electron chi connectivity index (χ3n) is 4.94. The van der Waals surface area contributed by atoms with Crippen molar-refractivity contribution >= 4 is 11.5 Å². The molecule has 0 radical (unpaired) electrons. The van der Waals surface area contributed by atoms with Crippen molar-refractivity contribution in [1.82, 2.24) is 9.55 Å². The van der Waals surface area contributed by atoms with Crippen molar-refractivity contribution in [2.24, 2.45) is 0 Å². The number of carbonyl (C=O) groups is 1. The molecule has 1 aliphatic rings. The van der Waals surface area contributed by atoms with E-state index in [0.29, 0.717) is 36.9 Å². The molecular formula is C21H19N3O4. The molecule has 0 saturated carbocycles. The van der Waals surface area contributed by atoms with Crippen molar-refractivity contribution in [2.45, 2.75) is 31.9 Å². The summed E-state index contributed by atoms with van der Waals surface area (Å²) in [6.07, 6.45) is 6.29. The number of ether oxygens (including phenoxy) is 1. The number of imidazole rings is 1. The lowest BCUT2D eigenvalue weighted by atomic mass is 9.89. The lowest BCUT2D eigenvalue weighted by Crippen LogP contribution is -2.17. The van der Waals surface area contributed by atoms with E-state index in [1.807, 2.05) is 41.1 Å². The van der Waals surface area contributed by atoms with Crippen LogP contribution in [0, 0.1) is 10.1 Å². The Hall–Kier alpha value is -3.48. The lowest BCUT2D eigenvalue weighted by Gasteiger charge is -2.22. The summed E-state index contributed by atoms with van der Waals surface area (Å²) in [7, 11) is 0. The molecule has 0 aliphatic heterocycles. The number of nitro benzene ring substituents is 1. The van der Waals surface area contributed by atoms with Gasteiger partial charge in [0.25, 0.3) is 0 Å². The van der Waals surface area contributed by atoms with Gasteiger partial charge >= 0.3 is 5.69 Å². The van der Waals surface area contributed by atoms with Gasteiger partial charge in [0.2, 0.25) is 0 Å². The largest absolute Gasteiger partial charge is 0.477 e. The van der Waals surface area contributed by atoms with Crippen LogP contribution in [0.5, 0.6) is 5.75 Å². The smallest absolute Gasteiger partial charge is 0.314 e. The zero-order valence-electron chi connectivity index (χ0n) is 15.2. The van der Waals surface area contributed by atoms with Gasteiger partial charge in [-0.2, -0.15) is 0 Å². The van der Waals surface area contributed by atoms with Crippen LogP contribution in [0.15, 0.2) is 61.2 Å². The van der Waals surface area contributed by atoms with Crippen LogP contribution in [0.25, 0.3) is 0 Å². The van der Waals surface area contributed by atoms with Crippen molar-refractivity contribution in [3.05, 3.63) is 88.0 Å². The van der Waals surface area contributed by atoms with Crippen molar-refractivity contribution in [3.63, 3.8) is 0 Å². The fourth-order valence-corrected chi connectivity index (χ4v) is 3.60. The number of aromatic nitrogens is 2. The van der Waals surface area contributed by atoms with E-state index >= 15 is 0 Å². The van der Waals surface area contributed by atoms with Crippen LogP contribution in [-0.4, -0.2) is 20.3 Å². The molecule has 0 unspecified atom stereocenters. The highest BCUT2D eigenvalue weighted by molar-refractivity contribution is 5.99. The number of nitrogens with zero attached hydrogens (tertiary/aromatic N) is 3. The van der Waals surface area contributed by atoms with Gasteiger partial charge in [-0.05, 0) is 30.5 Å². The molecule has 3 aromatic rings. The number of rotatable bonds is 6. The average molecular weight is 377 g/mol. The summed E-state index contributed by atoms with van der Waals surface area (Å²) in [6.45, 7) is 0.456. The number of benzene rings is 2. The number of carbonyl (C=O) groups excluding carboxylic acids is 1. The van der Waals surface area contributed by atoms with Crippen LogP contribution < -0.4 is 4.74 Å². The molecule has 0 spiro atoms. The van der Waals surface area contributed by atoms with Crippen molar-refractivity contribution in [1.29, 1.82) is 0 Å². The molecule has 0 saturated heterocycles. The topological polar surface area (TPSA) is 87.3 Å². The highest BCUT2D eigenvalue weighted by Gasteiger charge is 2.30. The molecule has 0 bridgehead atoms. The van der Waals surface area contributed by atoms with E-state index in [1.54, 1.807) is 24.7 Å². The van der Waals surface area contributed by atoms with Gasteiger partial charge in [0.1, 0.15) is 6.10 Å². The molecule has 2 aromatic carbocycles. The summed E-state index contributed by atoms with van der Waals surface area (Å²) in [5.41, 5.74) is 1.72. The van der Waals surface area contributed by atoms with Gasteiger partial charge in [-0.15, -0.1) is 0 Å². The second-order valence-electron chi connectivity index (χ2n) is 6.75. The molecule has 4 rings (SSSR count). The van der Waals surface area contributed by atoms with Crippen LogP contribution in [0.4, 0.5) is 5.69 Å². The molecule has 0 amide bonds. The minimum Gasteiger partial charge on any atom is -0.477 e. The van der Waals surface area contributed by atoms with Crippen LogP contribution >= 0.6 is 0 Å². The van der Waals surface area contributed by atoms with Crippen LogP contribution in [0.2, 0.25) is 0 Å². The first-order valence-electron chi connectivity index (χ1n) is 9.14. The highest BCUT2D eigenvalue weighted by Crippen LogP contribution is 2.39. The van der Waals surface area contributed by atoms with E-state index in [1.165, 1.54) is 0 Å². The number of hydrogen-bond acceptors (Lipinski definition) is 5. The molecule has 7 nitrogen and oxygen atoms in total. The van der Waals surface area contributed by atoms with Crippen molar-refractivity contribution < 1.29 is 14.5 Å². The van der Waals surface area contributed by atoms with Crippen LogP contribution in [0.1, 0.15) is 40.4 Å². The standard InChI is InChI=1S/C21H19N3O4/c25-18-8-4-7-17-16(18)9-10-19(21(17)24(26)27)28-20(13-23-12-11-22-14-23)15-5-2-1-3-6-15/h1-3,5-6,9-12,14,20H,4,7-8,13H2/t20-/m1/s1. The summed E-state index contributed by atoms with van der Waals surface area (Å²) in [5.74, 6) is 0.140. The first kappa shape index (κ1) is 17.9. The Balaban J connectivity index is 1.74. The Morgan fingerprint density at radius 2 is 2.00 bits per heavy atom. The van der Waals surface area contributed by atoms with Crippen molar-refractivity contribution in [3.8, 4) is 5.75 Å². The van der Waals surface area contributed by atoms with Crippen molar-refractivity contribution in [2.75, 3.05) is 0 Å². The summed E-state index contributed by atoms with van der Waals surface area (Å²) < 4.78 is 8.03. The maximum Gasteiger partial charge on any atom is 0.314 e. The molecule has 1 aromatic heterocycles. The molecular weight excluding hydrogens is 358 g/mol. The van der Waals surface area contributed by atoms with Gasteiger partial charge in [0.05, 0.1) is 17.8 Å². The summed E-state index contributed by atoms with van der Waals surface area (Å²) in [4.78, 5) is 27.6. The van der Waals surface area contributed by atoms with Crippen LogP contribution in [0.3, 0.4) is 0 Å². The number of Topliss-reactive ketones (excluding diaryl/α,β-unsaturated/α-hetero) is 1. The maximum atomic E-state index is 12.2. The van der Waals surface area contributed by atoms with Gasteiger partial charge in [0, 0.05) is 29.9 Å². The third-order valence-corrected chi connectivity index (χ3v) is 4.94. The van der Waals surface area contributed by atoms with Gasteiger partial charge in [0.15, 0.2) is 11.5 Å². The minimum atomic E-state index is -0.438. The van der Waals surface area contributed by atoms with E-state index < -0.39 is 11.0 Å². The molecule has 28 heavy (non-hydrogen) atoms. The number of hydrogen-bond donors (Lipinski definition) is 0. The minimum absolute atomic E-state index is 0.0473. The zero-order valence-corrected chi connectivity index (χ0v) is 15.2. The summed E-state index contributed by atoms with van der Waals surface area (Å²) >= 11 is 0. The average Bonchev–Trinajstić information content (AvgIpc) is 3.21. The number of ketones is 1. The molecule has 7 heteroatoms. The Kier molecular flexibility index (Phi) is 4.89. The second-order valence-corrected chi connectivity index (χ2v) is 6.75. The van der Waals surface area contributed by atoms with E-state index in [0.717, 1.165) is 5.56 Å². The molecule has 1 aliphatic carbocycles. The molecule has 142 valence electrons. The Morgan fingerprint density at radius 1 is 1.18 bits per heavy atom. The van der Waals surface area contributed by atoms with Gasteiger partial charge < -0.3 is 9.30 Å². The summed E-state index contributed by atoms with van der Waals surface area (Å²) in [5, 5.41) is 11.8. The third kappa shape index (κ3) is 3.51. The molecule has 1 heterocycles. The normalized spacial score (nSPS) is 14.4. The number of fused-ring (bicyclic) bond motifs is 1.